The van der Waals surface area contributed by atoms with Crippen LogP contribution in [0.15, 0.2) is 22.7 Å². The van der Waals surface area contributed by atoms with E-state index in [-0.39, 0.29) is 11.6 Å². The molecule has 0 unspecified atom stereocenters. The monoisotopic (exact) mass is 277 g/mol. The van der Waals surface area contributed by atoms with Gasteiger partial charge >= 0.3 is 0 Å². The van der Waals surface area contributed by atoms with Gasteiger partial charge in [0.05, 0.1) is 5.69 Å². The SMILES string of the molecule is COC1(c2noc(-c3ccc(N)c(F)c3)n2)CCCC1. The summed E-state index contributed by atoms with van der Waals surface area (Å²) in [6.45, 7) is 0. The van der Waals surface area contributed by atoms with Gasteiger partial charge in [-0.2, -0.15) is 4.98 Å². The van der Waals surface area contributed by atoms with Gasteiger partial charge in [0, 0.05) is 12.7 Å². The average Bonchev–Trinajstić information content (AvgIpc) is 3.10. The number of aromatic nitrogens is 2. The molecule has 0 bridgehead atoms. The second-order valence-corrected chi connectivity index (χ2v) is 5.06. The second kappa shape index (κ2) is 4.86. The number of methoxy groups -OCH3 is 1. The summed E-state index contributed by atoms with van der Waals surface area (Å²) in [4.78, 5) is 4.37. The third-order valence-corrected chi connectivity index (χ3v) is 3.88. The zero-order valence-electron chi connectivity index (χ0n) is 11.2. The van der Waals surface area contributed by atoms with E-state index in [0.29, 0.717) is 11.4 Å². The van der Waals surface area contributed by atoms with Crippen molar-refractivity contribution in [3.8, 4) is 11.5 Å². The number of nitrogen functional groups attached to an aromatic ring is 1. The Bertz CT molecular complexity index is 621. The highest BCUT2D eigenvalue weighted by Crippen LogP contribution is 2.40. The first-order valence-corrected chi connectivity index (χ1v) is 6.59. The molecule has 0 aliphatic heterocycles. The van der Waals surface area contributed by atoms with Crippen molar-refractivity contribution in [2.75, 3.05) is 12.8 Å². The fourth-order valence-corrected chi connectivity index (χ4v) is 2.65. The summed E-state index contributed by atoms with van der Waals surface area (Å²) in [7, 11) is 1.66. The van der Waals surface area contributed by atoms with Crippen molar-refractivity contribution in [2.45, 2.75) is 31.3 Å². The second-order valence-electron chi connectivity index (χ2n) is 5.06. The van der Waals surface area contributed by atoms with Gasteiger partial charge in [0.2, 0.25) is 5.82 Å². The number of hydrogen-bond acceptors (Lipinski definition) is 5. The summed E-state index contributed by atoms with van der Waals surface area (Å²) in [5.74, 6) is 0.316. The van der Waals surface area contributed by atoms with Crippen LogP contribution in [0.4, 0.5) is 10.1 Å². The van der Waals surface area contributed by atoms with E-state index in [2.05, 4.69) is 10.1 Å². The van der Waals surface area contributed by atoms with E-state index < -0.39 is 11.4 Å². The van der Waals surface area contributed by atoms with Crippen LogP contribution in [0.5, 0.6) is 0 Å². The van der Waals surface area contributed by atoms with Gasteiger partial charge in [-0.1, -0.05) is 5.16 Å². The quantitative estimate of drug-likeness (QED) is 0.873. The lowest BCUT2D eigenvalue weighted by atomic mass is 10.0. The van der Waals surface area contributed by atoms with Crippen LogP contribution in [0, 0.1) is 5.82 Å². The topological polar surface area (TPSA) is 74.2 Å². The zero-order chi connectivity index (χ0) is 14.2. The van der Waals surface area contributed by atoms with Crippen LogP contribution in [0.1, 0.15) is 31.5 Å². The number of anilines is 1. The molecule has 0 amide bonds. The fourth-order valence-electron chi connectivity index (χ4n) is 2.65. The summed E-state index contributed by atoms with van der Waals surface area (Å²) in [6, 6.07) is 4.43. The molecule has 1 heterocycles. The molecular weight excluding hydrogens is 261 g/mol. The summed E-state index contributed by atoms with van der Waals surface area (Å²) >= 11 is 0. The van der Waals surface area contributed by atoms with Crippen LogP contribution in [-0.4, -0.2) is 17.3 Å². The average molecular weight is 277 g/mol. The van der Waals surface area contributed by atoms with Gasteiger partial charge in [-0.05, 0) is 43.9 Å². The van der Waals surface area contributed by atoms with Crippen LogP contribution >= 0.6 is 0 Å². The van der Waals surface area contributed by atoms with E-state index in [9.17, 15) is 4.39 Å². The standard InChI is InChI=1S/C14H16FN3O2/c1-19-14(6-2-3-7-14)13-17-12(20-18-13)9-4-5-11(16)10(15)8-9/h4-5,8H,2-3,6-7,16H2,1H3. The Morgan fingerprint density at radius 2 is 2.10 bits per heavy atom. The lowest BCUT2D eigenvalue weighted by molar-refractivity contribution is -0.0178. The van der Waals surface area contributed by atoms with Crippen molar-refractivity contribution in [1.29, 1.82) is 0 Å². The Morgan fingerprint density at radius 3 is 2.75 bits per heavy atom. The lowest BCUT2D eigenvalue weighted by Gasteiger charge is -2.22. The van der Waals surface area contributed by atoms with Crippen LogP contribution in [0.25, 0.3) is 11.5 Å². The Hall–Kier alpha value is -1.95. The highest BCUT2D eigenvalue weighted by atomic mass is 19.1. The molecule has 1 aromatic carbocycles. The molecule has 5 nitrogen and oxygen atoms in total. The predicted molar refractivity (Wildman–Crippen MR) is 71.3 cm³/mol. The van der Waals surface area contributed by atoms with E-state index in [4.69, 9.17) is 15.0 Å². The normalized spacial score (nSPS) is 17.5. The third-order valence-electron chi connectivity index (χ3n) is 3.88. The summed E-state index contributed by atoms with van der Waals surface area (Å²) in [6.07, 6.45) is 3.90. The maximum atomic E-state index is 13.5. The summed E-state index contributed by atoms with van der Waals surface area (Å²) in [5.41, 5.74) is 5.60. The van der Waals surface area contributed by atoms with Gasteiger partial charge in [-0.3, -0.25) is 0 Å². The molecule has 1 saturated carbocycles. The van der Waals surface area contributed by atoms with E-state index in [0.717, 1.165) is 25.7 Å². The van der Waals surface area contributed by atoms with Crippen molar-refractivity contribution in [3.05, 3.63) is 29.8 Å². The first-order chi connectivity index (χ1) is 9.64. The number of hydrogen-bond donors (Lipinski definition) is 1. The molecular formula is C14H16FN3O2. The minimum absolute atomic E-state index is 0.0950. The molecule has 20 heavy (non-hydrogen) atoms. The minimum Gasteiger partial charge on any atom is -0.396 e. The number of nitrogens with two attached hydrogens (primary N) is 1. The van der Waals surface area contributed by atoms with Crippen molar-refractivity contribution >= 4 is 5.69 Å². The molecule has 6 heteroatoms. The number of benzene rings is 1. The molecule has 0 atom stereocenters. The number of nitrogens with zero attached hydrogens (tertiary/aromatic N) is 2. The van der Waals surface area contributed by atoms with Crippen LogP contribution in [0.2, 0.25) is 0 Å². The molecule has 106 valence electrons. The Kier molecular flexibility index (Phi) is 3.17. The van der Waals surface area contributed by atoms with Crippen molar-refractivity contribution in [3.63, 3.8) is 0 Å². The first-order valence-electron chi connectivity index (χ1n) is 6.59. The number of halogens is 1. The van der Waals surface area contributed by atoms with Crippen LogP contribution in [0.3, 0.4) is 0 Å². The maximum Gasteiger partial charge on any atom is 0.258 e. The first kappa shape index (κ1) is 13.1. The third kappa shape index (κ3) is 2.06. The molecule has 1 fully saturated rings. The fraction of sp³-hybridized carbons (Fsp3) is 0.429. The van der Waals surface area contributed by atoms with Crippen molar-refractivity contribution < 1.29 is 13.7 Å². The predicted octanol–water partition coefficient (Wildman–Crippen LogP) is 2.87. The molecule has 0 saturated heterocycles. The molecule has 2 aromatic rings. The largest absolute Gasteiger partial charge is 0.396 e. The smallest absolute Gasteiger partial charge is 0.258 e. The Balaban J connectivity index is 1.95. The van der Waals surface area contributed by atoms with Crippen molar-refractivity contribution in [1.82, 2.24) is 10.1 Å². The molecule has 1 aliphatic carbocycles. The maximum absolute atomic E-state index is 13.5. The minimum atomic E-state index is -0.496. The van der Waals surface area contributed by atoms with E-state index in [1.165, 1.54) is 12.1 Å². The van der Waals surface area contributed by atoms with Crippen LogP contribution < -0.4 is 5.73 Å². The van der Waals surface area contributed by atoms with Gasteiger partial charge in [-0.15, -0.1) is 0 Å². The van der Waals surface area contributed by atoms with Gasteiger partial charge in [0.1, 0.15) is 11.4 Å². The molecule has 0 radical (unpaired) electrons. The lowest BCUT2D eigenvalue weighted by Crippen LogP contribution is -2.25. The van der Waals surface area contributed by atoms with E-state index in [1.54, 1.807) is 13.2 Å². The molecule has 2 N–H and O–H groups in total. The van der Waals surface area contributed by atoms with E-state index >= 15 is 0 Å². The molecule has 1 aromatic heterocycles. The van der Waals surface area contributed by atoms with Gasteiger partial charge < -0.3 is 15.0 Å². The summed E-state index contributed by atoms with van der Waals surface area (Å²) < 4.78 is 24.3. The summed E-state index contributed by atoms with van der Waals surface area (Å²) in [5, 5.41) is 4.00. The highest BCUT2D eigenvalue weighted by molar-refractivity contribution is 5.57. The van der Waals surface area contributed by atoms with Crippen molar-refractivity contribution in [2.24, 2.45) is 0 Å². The Labute approximate surface area is 115 Å². The zero-order valence-corrected chi connectivity index (χ0v) is 11.2. The highest BCUT2D eigenvalue weighted by Gasteiger charge is 2.40. The molecule has 1 aliphatic rings. The molecule has 3 rings (SSSR count). The van der Waals surface area contributed by atoms with Gasteiger partial charge in [0.15, 0.2) is 0 Å². The molecule has 0 spiro atoms. The van der Waals surface area contributed by atoms with E-state index in [1.807, 2.05) is 0 Å². The number of ether oxygens (including phenoxy) is 1. The van der Waals surface area contributed by atoms with Gasteiger partial charge in [0.25, 0.3) is 5.89 Å². The van der Waals surface area contributed by atoms with Crippen LogP contribution in [-0.2, 0) is 10.3 Å². The number of rotatable bonds is 3. The van der Waals surface area contributed by atoms with Gasteiger partial charge in [-0.25, -0.2) is 4.39 Å². The Morgan fingerprint density at radius 1 is 1.35 bits per heavy atom.